The van der Waals surface area contributed by atoms with E-state index in [1.807, 2.05) is 45.0 Å². The molecule has 1 rings (SSSR count). The van der Waals surface area contributed by atoms with Gasteiger partial charge in [0.15, 0.2) is 0 Å². The molecule has 0 spiro atoms. The molecule has 0 bridgehead atoms. The van der Waals surface area contributed by atoms with Crippen molar-refractivity contribution in [2.75, 3.05) is 0 Å². The minimum atomic E-state index is -0.887. The van der Waals surface area contributed by atoms with Crippen molar-refractivity contribution in [1.82, 2.24) is 5.32 Å². The maximum Gasteiger partial charge on any atom is 0.239 e. The van der Waals surface area contributed by atoms with Crippen LogP contribution in [0.2, 0.25) is 0 Å². The lowest BCUT2D eigenvalue weighted by Crippen LogP contribution is -2.49. The minimum absolute atomic E-state index is 0.0926. The first-order chi connectivity index (χ1) is 8.71. The second kappa shape index (κ2) is 6.06. The number of nitrogens with two attached hydrogens (primary N) is 1. The fourth-order valence-electron chi connectivity index (χ4n) is 1.66. The van der Waals surface area contributed by atoms with Crippen molar-refractivity contribution in [1.29, 1.82) is 0 Å². The molecule has 0 heterocycles. The Balaban J connectivity index is 2.88. The van der Waals surface area contributed by atoms with Gasteiger partial charge in [-0.1, -0.05) is 18.2 Å². The number of para-hydroxylation sites is 1. The molecule has 0 aliphatic rings. The highest BCUT2D eigenvalue weighted by atomic mass is 16.5. The Kier molecular flexibility index (Phi) is 4.95. The maximum atomic E-state index is 11.9. The fraction of sp³-hybridized carbons (Fsp3) is 0.533. The summed E-state index contributed by atoms with van der Waals surface area (Å²) in [4.78, 5) is 11.9. The molecule has 4 nitrogen and oxygen atoms in total. The Hall–Kier alpha value is -1.55. The van der Waals surface area contributed by atoms with Crippen LogP contribution in [-0.4, -0.2) is 17.6 Å². The van der Waals surface area contributed by atoms with Crippen LogP contribution in [0.15, 0.2) is 24.3 Å². The Morgan fingerprint density at radius 2 is 1.84 bits per heavy atom. The number of hydrogen-bond acceptors (Lipinski definition) is 3. The van der Waals surface area contributed by atoms with Gasteiger partial charge in [-0.05, 0) is 40.7 Å². The Morgan fingerprint density at radius 3 is 2.37 bits per heavy atom. The number of benzene rings is 1. The van der Waals surface area contributed by atoms with Crippen molar-refractivity contribution in [3.05, 3.63) is 29.8 Å². The topological polar surface area (TPSA) is 64.3 Å². The highest BCUT2D eigenvalue weighted by Crippen LogP contribution is 2.26. The van der Waals surface area contributed by atoms with E-state index < -0.39 is 5.54 Å². The van der Waals surface area contributed by atoms with E-state index in [4.69, 9.17) is 10.5 Å². The van der Waals surface area contributed by atoms with Gasteiger partial charge in [-0.2, -0.15) is 0 Å². The van der Waals surface area contributed by atoms with Gasteiger partial charge >= 0.3 is 0 Å². The van der Waals surface area contributed by atoms with Crippen LogP contribution in [0.5, 0.6) is 5.75 Å². The zero-order chi connectivity index (χ0) is 14.6. The molecule has 1 aromatic rings. The van der Waals surface area contributed by atoms with Gasteiger partial charge in [0.25, 0.3) is 0 Å². The van der Waals surface area contributed by atoms with Crippen molar-refractivity contribution in [3.63, 3.8) is 0 Å². The first-order valence-electron chi connectivity index (χ1n) is 6.57. The molecular formula is C15H24N2O2. The molecule has 0 fully saturated rings. The number of amides is 1. The first-order valence-corrected chi connectivity index (χ1v) is 6.57. The molecule has 3 N–H and O–H groups in total. The molecule has 1 unspecified atom stereocenters. The zero-order valence-corrected chi connectivity index (χ0v) is 12.4. The molecule has 4 heteroatoms. The third kappa shape index (κ3) is 4.56. The van der Waals surface area contributed by atoms with Crippen LogP contribution in [0.25, 0.3) is 0 Å². The fourth-order valence-corrected chi connectivity index (χ4v) is 1.66. The van der Waals surface area contributed by atoms with Crippen LogP contribution in [0.3, 0.4) is 0 Å². The monoisotopic (exact) mass is 264 g/mol. The summed E-state index contributed by atoms with van der Waals surface area (Å²) in [5.41, 5.74) is 5.85. The maximum absolute atomic E-state index is 11.9. The van der Waals surface area contributed by atoms with Gasteiger partial charge in [0, 0.05) is 5.56 Å². The predicted molar refractivity (Wildman–Crippen MR) is 77.0 cm³/mol. The molecule has 106 valence electrons. The minimum Gasteiger partial charge on any atom is -0.491 e. The van der Waals surface area contributed by atoms with E-state index in [2.05, 4.69) is 5.32 Å². The van der Waals surface area contributed by atoms with E-state index in [1.54, 1.807) is 13.8 Å². The van der Waals surface area contributed by atoms with Crippen LogP contribution in [0.1, 0.15) is 46.2 Å². The summed E-state index contributed by atoms with van der Waals surface area (Å²) in [6.45, 7) is 9.25. The van der Waals surface area contributed by atoms with Gasteiger partial charge in [-0.25, -0.2) is 0 Å². The summed E-state index contributed by atoms with van der Waals surface area (Å²) < 4.78 is 5.75. The standard InChI is InChI=1S/C15H24N2O2/c1-10(2)19-13-9-7-6-8-12(13)11(3)17-14(18)15(4,5)16/h6-11H,16H2,1-5H3,(H,17,18). The largest absolute Gasteiger partial charge is 0.491 e. The first kappa shape index (κ1) is 15.5. The summed E-state index contributed by atoms with van der Waals surface area (Å²) in [6.07, 6.45) is 0.0926. The second-order valence-corrected chi connectivity index (χ2v) is 5.62. The summed E-state index contributed by atoms with van der Waals surface area (Å²) >= 11 is 0. The molecule has 0 aliphatic heterocycles. The molecule has 0 aliphatic carbocycles. The van der Waals surface area contributed by atoms with Crippen LogP contribution in [0, 0.1) is 0 Å². The lowest BCUT2D eigenvalue weighted by molar-refractivity contribution is -0.125. The van der Waals surface area contributed by atoms with Crippen LogP contribution in [0.4, 0.5) is 0 Å². The third-order valence-corrected chi connectivity index (χ3v) is 2.68. The van der Waals surface area contributed by atoms with Crippen LogP contribution >= 0.6 is 0 Å². The number of rotatable bonds is 5. The lowest BCUT2D eigenvalue weighted by atomic mass is 10.0. The highest BCUT2D eigenvalue weighted by Gasteiger charge is 2.24. The Bertz CT molecular complexity index is 436. The van der Waals surface area contributed by atoms with Crippen molar-refractivity contribution in [2.45, 2.75) is 52.3 Å². The average molecular weight is 264 g/mol. The number of carbonyl (C=O) groups excluding carboxylic acids is 1. The molecule has 1 amide bonds. The lowest BCUT2D eigenvalue weighted by Gasteiger charge is -2.24. The molecule has 0 saturated carbocycles. The van der Waals surface area contributed by atoms with Gasteiger partial charge in [0.05, 0.1) is 17.7 Å². The third-order valence-electron chi connectivity index (χ3n) is 2.68. The summed E-state index contributed by atoms with van der Waals surface area (Å²) in [7, 11) is 0. The van der Waals surface area contributed by atoms with Crippen molar-refractivity contribution < 1.29 is 9.53 Å². The number of ether oxygens (including phenoxy) is 1. The summed E-state index contributed by atoms with van der Waals surface area (Å²) in [5, 5.41) is 2.91. The summed E-state index contributed by atoms with van der Waals surface area (Å²) in [6, 6.07) is 7.56. The Morgan fingerprint density at radius 1 is 1.26 bits per heavy atom. The molecule has 1 aromatic carbocycles. The molecule has 0 radical (unpaired) electrons. The Labute approximate surface area is 115 Å². The van der Waals surface area contributed by atoms with Crippen LogP contribution in [-0.2, 0) is 4.79 Å². The van der Waals surface area contributed by atoms with Crippen molar-refractivity contribution in [3.8, 4) is 5.75 Å². The molecule has 0 saturated heterocycles. The van der Waals surface area contributed by atoms with Crippen molar-refractivity contribution in [2.24, 2.45) is 5.73 Å². The SMILES string of the molecule is CC(C)Oc1ccccc1C(C)NC(=O)C(C)(C)N. The van der Waals surface area contributed by atoms with E-state index in [1.165, 1.54) is 0 Å². The zero-order valence-electron chi connectivity index (χ0n) is 12.4. The van der Waals surface area contributed by atoms with E-state index in [9.17, 15) is 4.79 Å². The smallest absolute Gasteiger partial charge is 0.239 e. The second-order valence-electron chi connectivity index (χ2n) is 5.62. The highest BCUT2D eigenvalue weighted by molar-refractivity contribution is 5.85. The van der Waals surface area contributed by atoms with Gasteiger partial charge < -0.3 is 15.8 Å². The van der Waals surface area contributed by atoms with Gasteiger partial charge in [0.2, 0.25) is 5.91 Å². The van der Waals surface area contributed by atoms with Crippen molar-refractivity contribution >= 4 is 5.91 Å². The van der Waals surface area contributed by atoms with Gasteiger partial charge in [-0.3, -0.25) is 4.79 Å². The van der Waals surface area contributed by atoms with Gasteiger partial charge in [0.1, 0.15) is 5.75 Å². The summed E-state index contributed by atoms with van der Waals surface area (Å²) in [5.74, 6) is 0.611. The molecular weight excluding hydrogens is 240 g/mol. The number of hydrogen-bond donors (Lipinski definition) is 2. The molecule has 0 aromatic heterocycles. The van der Waals surface area contributed by atoms with Crippen LogP contribution < -0.4 is 15.8 Å². The van der Waals surface area contributed by atoms with E-state index in [0.717, 1.165) is 11.3 Å². The van der Waals surface area contributed by atoms with E-state index in [-0.39, 0.29) is 18.1 Å². The average Bonchev–Trinajstić information content (AvgIpc) is 2.27. The normalized spacial score (nSPS) is 13.2. The predicted octanol–water partition coefficient (Wildman–Crippen LogP) is 2.39. The number of nitrogens with one attached hydrogen (secondary N) is 1. The molecule has 19 heavy (non-hydrogen) atoms. The van der Waals surface area contributed by atoms with E-state index >= 15 is 0 Å². The number of carbonyl (C=O) groups is 1. The van der Waals surface area contributed by atoms with Gasteiger partial charge in [-0.15, -0.1) is 0 Å². The quantitative estimate of drug-likeness (QED) is 0.858. The van der Waals surface area contributed by atoms with E-state index in [0.29, 0.717) is 0 Å². The molecule has 1 atom stereocenters.